The van der Waals surface area contributed by atoms with Gasteiger partial charge in [0.15, 0.2) is 11.9 Å². The lowest BCUT2D eigenvalue weighted by molar-refractivity contribution is -0.870. The van der Waals surface area contributed by atoms with E-state index in [1.165, 1.54) is 38.2 Å². The number of quaternary nitrogens is 1. The van der Waals surface area contributed by atoms with Crippen molar-refractivity contribution in [2.45, 2.75) is 142 Å². The van der Waals surface area contributed by atoms with E-state index in [2.05, 4.69) is 50.3 Å². The van der Waals surface area contributed by atoms with Crippen LogP contribution < -0.4 is 4.89 Å². The zero-order valence-corrected chi connectivity index (χ0v) is 34.6. The number of rotatable bonds is 35. The van der Waals surface area contributed by atoms with Crippen molar-refractivity contribution < 1.29 is 46.8 Å². The minimum absolute atomic E-state index is 0.0682. The lowest BCUT2D eigenvalue weighted by Crippen LogP contribution is -2.37. The minimum Gasteiger partial charge on any atom is -0.756 e. The molecule has 0 saturated carbocycles. The Morgan fingerprint density at radius 3 is 1.92 bits per heavy atom. The van der Waals surface area contributed by atoms with Crippen molar-refractivity contribution in [3.8, 4) is 0 Å². The first kappa shape index (κ1) is 50.4. The van der Waals surface area contributed by atoms with E-state index in [4.69, 9.17) is 18.5 Å². The molecular weight excluding hydrogens is 693 g/mol. The largest absolute Gasteiger partial charge is 0.756 e. The van der Waals surface area contributed by atoms with Crippen LogP contribution >= 0.6 is 7.82 Å². The molecule has 0 saturated heterocycles. The standard InChI is InChI=1S/C42H72NO9P/c1-6-8-10-12-14-16-18-19-21-22-24-26-28-31-39(44)32-30-34-42(46)52-40(38-51-53(47,48)50-36-35-43(3,4)5)37-49-41(45)33-29-27-25-23-20-17-15-13-11-9-7-2/h13-16,19,21,24,26,28,31,40H,6-12,17-18,20,22-23,25,27,29-30,32-38H2,1-5H3/b15-13-,16-14-,21-19-,26-24-,31-28+/t40-/m1/s1. The normalized spacial score (nSPS) is 14.2. The molecule has 0 N–H and O–H groups in total. The molecule has 0 aliphatic rings. The second-order valence-corrected chi connectivity index (χ2v) is 15.7. The molecule has 53 heavy (non-hydrogen) atoms. The average molecular weight is 766 g/mol. The van der Waals surface area contributed by atoms with Crippen LogP contribution in [-0.4, -0.2) is 75.8 Å². The van der Waals surface area contributed by atoms with Gasteiger partial charge in [-0.25, -0.2) is 0 Å². The third-order valence-electron chi connectivity index (χ3n) is 7.99. The number of hydrogen-bond acceptors (Lipinski definition) is 9. The smallest absolute Gasteiger partial charge is 0.306 e. The highest BCUT2D eigenvalue weighted by molar-refractivity contribution is 7.45. The van der Waals surface area contributed by atoms with Crippen molar-refractivity contribution >= 4 is 25.5 Å². The van der Waals surface area contributed by atoms with E-state index in [1.54, 1.807) is 6.08 Å². The second-order valence-electron chi connectivity index (χ2n) is 14.3. The Morgan fingerprint density at radius 1 is 0.642 bits per heavy atom. The maximum Gasteiger partial charge on any atom is 0.306 e. The van der Waals surface area contributed by atoms with Gasteiger partial charge in [0.05, 0.1) is 27.7 Å². The third-order valence-corrected chi connectivity index (χ3v) is 8.95. The summed E-state index contributed by atoms with van der Waals surface area (Å²) in [5.74, 6) is -1.24. The number of unbranched alkanes of at least 4 members (excludes halogenated alkanes) is 10. The Bertz CT molecular complexity index is 1150. The van der Waals surface area contributed by atoms with Crippen molar-refractivity contribution in [2.75, 3.05) is 47.5 Å². The van der Waals surface area contributed by atoms with Crippen LogP contribution in [0.4, 0.5) is 0 Å². The molecule has 0 fully saturated rings. The van der Waals surface area contributed by atoms with Gasteiger partial charge < -0.3 is 27.9 Å². The number of likely N-dealkylation sites (N-methyl/N-ethyl adjacent to an activating group) is 1. The fourth-order valence-electron chi connectivity index (χ4n) is 4.76. The summed E-state index contributed by atoms with van der Waals surface area (Å²) >= 11 is 0. The monoisotopic (exact) mass is 765 g/mol. The number of carbonyl (C=O) groups is 3. The molecule has 11 heteroatoms. The highest BCUT2D eigenvalue weighted by Crippen LogP contribution is 2.38. The van der Waals surface area contributed by atoms with E-state index in [-0.39, 0.29) is 44.7 Å². The van der Waals surface area contributed by atoms with Gasteiger partial charge in [0, 0.05) is 19.3 Å². The number of ether oxygens (including phenoxy) is 2. The van der Waals surface area contributed by atoms with Crippen LogP contribution in [0, 0.1) is 0 Å². The molecule has 0 aromatic heterocycles. The molecule has 1 unspecified atom stereocenters. The number of carbonyl (C=O) groups excluding carboxylic acids is 3. The zero-order chi connectivity index (χ0) is 39.5. The van der Waals surface area contributed by atoms with Gasteiger partial charge in [-0.2, -0.15) is 0 Å². The maximum absolute atomic E-state index is 12.6. The van der Waals surface area contributed by atoms with Crippen LogP contribution in [0.5, 0.6) is 0 Å². The van der Waals surface area contributed by atoms with E-state index in [0.717, 1.165) is 57.8 Å². The van der Waals surface area contributed by atoms with Crippen LogP contribution in [-0.2, 0) is 37.5 Å². The van der Waals surface area contributed by atoms with Crippen LogP contribution in [0.1, 0.15) is 136 Å². The molecule has 0 aliphatic carbocycles. The predicted octanol–water partition coefficient (Wildman–Crippen LogP) is 9.45. The highest BCUT2D eigenvalue weighted by atomic mass is 31.2. The summed E-state index contributed by atoms with van der Waals surface area (Å²) in [5.41, 5.74) is 0. The second kappa shape index (κ2) is 33.9. The summed E-state index contributed by atoms with van der Waals surface area (Å²) < 4.78 is 33.5. The Kier molecular flexibility index (Phi) is 32.2. The van der Waals surface area contributed by atoms with Gasteiger partial charge in [-0.3, -0.25) is 18.9 Å². The summed E-state index contributed by atoms with van der Waals surface area (Å²) in [5, 5.41) is 0. The number of allylic oxidation sites excluding steroid dienone is 10. The van der Waals surface area contributed by atoms with Gasteiger partial charge in [0.1, 0.15) is 19.8 Å². The molecule has 0 heterocycles. The number of phosphoric ester groups is 1. The maximum atomic E-state index is 12.6. The van der Waals surface area contributed by atoms with Gasteiger partial charge in [-0.15, -0.1) is 0 Å². The molecule has 0 amide bonds. The zero-order valence-electron chi connectivity index (χ0n) is 33.7. The fourth-order valence-corrected chi connectivity index (χ4v) is 5.49. The van der Waals surface area contributed by atoms with Crippen molar-refractivity contribution in [3.63, 3.8) is 0 Å². The third kappa shape index (κ3) is 37.5. The van der Waals surface area contributed by atoms with E-state index in [0.29, 0.717) is 17.4 Å². The predicted molar refractivity (Wildman–Crippen MR) is 213 cm³/mol. The number of hydrogen-bond donors (Lipinski definition) is 0. The van der Waals surface area contributed by atoms with Gasteiger partial charge in [0.25, 0.3) is 7.82 Å². The SMILES string of the molecule is CCCC/C=C\CCCCCCCC(=O)OC[C@H](COP(=O)([O-])OCC[N+](C)(C)C)OC(=O)CCCC(=O)/C=C/C=C\C/C=C\C/C=C\CCCCC. The Hall–Kier alpha value is -2.62. The minimum atomic E-state index is -4.69. The lowest BCUT2D eigenvalue weighted by Gasteiger charge is -2.28. The average Bonchev–Trinajstić information content (AvgIpc) is 3.09. The van der Waals surface area contributed by atoms with Crippen LogP contribution in [0.3, 0.4) is 0 Å². The van der Waals surface area contributed by atoms with E-state index >= 15 is 0 Å². The van der Waals surface area contributed by atoms with Gasteiger partial charge in [-0.1, -0.05) is 113 Å². The summed E-state index contributed by atoms with van der Waals surface area (Å²) in [6, 6.07) is 0. The first-order valence-corrected chi connectivity index (χ1v) is 21.4. The van der Waals surface area contributed by atoms with Crippen molar-refractivity contribution in [2.24, 2.45) is 0 Å². The molecule has 0 aromatic carbocycles. The number of esters is 2. The lowest BCUT2D eigenvalue weighted by atomic mass is 10.1. The van der Waals surface area contributed by atoms with E-state index in [1.807, 2.05) is 33.3 Å². The molecule has 304 valence electrons. The molecule has 0 bridgehead atoms. The van der Waals surface area contributed by atoms with Gasteiger partial charge in [0.2, 0.25) is 0 Å². The number of phosphoric acid groups is 1. The summed E-state index contributed by atoms with van der Waals surface area (Å²) in [7, 11) is 1.00. The Balaban J connectivity index is 4.66. The quantitative estimate of drug-likeness (QED) is 0.0118. The van der Waals surface area contributed by atoms with Crippen LogP contribution in [0.2, 0.25) is 0 Å². The van der Waals surface area contributed by atoms with Crippen LogP contribution in [0.25, 0.3) is 0 Å². The number of nitrogens with zero attached hydrogens (tertiary/aromatic N) is 1. The molecule has 0 spiro atoms. The molecule has 10 nitrogen and oxygen atoms in total. The summed E-state index contributed by atoms with van der Waals surface area (Å²) in [6.45, 7) is 3.83. The highest BCUT2D eigenvalue weighted by Gasteiger charge is 2.22. The molecule has 2 atom stereocenters. The first-order valence-electron chi connectivity index (χ1n) is 19.9. The van der Waals surface area contributed by atoms with Crippen molar-refractivity contribution in [3.05, 3.63) is 60.8 Å². The number of ketones is 1. The van der Waals surface area contributed by atoms with Crippen molar-refractivity contribution in [1.29, 1.82) is 0 Å². The first-order chi connectivity index (χ1) is 25.4. The Labute approximate surface area is 322 Å². The molecule has 0 radical (unpaired) electrons. The molecule has 0 rings (SSSR count). The summed E-state index contributed by atoms with van der Waals surface area (Å²) in [6.07, 6.45) is 35.5. The summed E-state index contributed by atoms with van der Waals surface area (Å²) in [4.78, 5) is 49.6. The van der Waals surface area contributed by atoms with E-state index in [9.17, 15) is 23.8 Å². The van der Waals surface area contributed by atoms with Crippen molar-refractivity contribution in [1.82, 2.24) is 0 Å². The molecule has 0 aromatic rings. The topological polar surface area (TPSA) is 128 Å². The van der Waals surface area contributed by atoms with Gasteiger partial charge >= 0.3 is 11.9 Å². The van der Waals surface area contributed by atoms with E-state index < -0.39 is 32.5 Å². The molecular formula is C42H72NO9P. The molecule has 0 aliphatic heterocycles. The van der Waals surface area contributed by atoms with Crippen LogP contribution in [0.15, 0.2) is 60.8 Å². The Morgan fingerprint density at radius 2 is 1.23 bits per heavy atom. The van der Waals surface area contributed by atoms with Gasteiger partial charge in [-0.05, 0) is 63.9 Å². The fraction of sp³-hybridized carbons (Fsp3) is 0.690.